The lowest BCUT2D eigenvalue weighted by Gasteiger charge is -2.38. The molecule has 12 atom stereocenters. The summed E-state index contributed by atoms with van der Waals surface area (Å²) in [6.07, 6.45) is 0.786. The number of nitrogens with one attached hydrogen (secondary N) is 3. The number of ketones is 1. The third-order valence-electron chi connectivity index (χ3n) is 19.2. The number of likely N-dealkylation sites (tertiary alicyclic amines) is 1. The number of nitrogens with zero attached hydrogens (tertiary/aromatic N) is 8. The Balaban J connectivity index is 1.95. The normalized spacial score (nSPS) is 26.0. The van der Waals surface area contributed by atoms with Crippen LogP contribution in [0.2, 0.25) is 0 Å². The molecule has 548 valence electrons. The summed E-state index contributed by atoms with van der Waals surface area (Å²) in [5.74, 6) is -9.40. The van der Waals surface area contributed by atoms with Gasteiger partial charge in [-0.15, -0.1) is 0 Å². The van der Waals surface area contributed by atoms with Crippen LogP contribution in [0.15, 0.2) is 60.7 Å². The Labute approximate surface area is 584 Å². The van der Waals surface area contributed by atoms with Crippen molar-refractivity contribution in [2.24, 2.45) is 29.6 Å². The molecule has 98 heavy (non-hydrogen) atoms. The first-order valence-corrected chi connectivity index (χ1v) is 35.2. The smallest absolute Gasteiger partial charge is 0.248 e. The van der Waals surface area contributed by atoms with E-state index in [0.29, 0.717) is 25.1 Å². The first-order chi connectivity index (χ1) is 45.8. The molecular weight excluding hydrogens is 1250 g/mol. The van der Waals surface area contributed by atoms with Crippen molar-refractivity contribution in [1.82, 2.24) is 55.1 Å². The number of carbonyl (C=O) groups is 11. The minimum Gasteiger partial charge on any atom is -0.391 e. The van der Waals surface area contributed by atoms with Crippen LogP contribution in [0.25, 0.3) is 0 Å². The fourth-order valence-corrected chi connectivity index (χ4v) is 13.0. The maximum absolute atomic E-state index is 15.5. The molecule has 24 heteroatoms. The van der Waals surface area contributed by atoms with Crippen LogP contribution in [0.5, 0.6) is 0 Å². The molecule has 0 bridgehead atoms. The number of aliphatic hydroxyl groups is 1. The van der Waals surface area contributed by atoms with Crippen LogP contribution in [-0.4, -0.2) is 257 Å². The van der Waals surface area contributed by atoms with Crippen molar-refractivity contribution < 1.29 is 62.6 Å². The highest BCUT2D eigenvalue weighted by molar-refractivity contribution is 5.99. The van der Waals surface area contributed by atoms with Gasteiger partial charge in [0.15, 0.2) is 5.78 Å². The fourth-order valence-electron chi connectivity index (χ4n) is 13.0. The maximum atomic E-state index is 15.5. The fraction of sp³-hybridized carbons (Fsp3) is 0.689. The Kier molecular flexibility index (Phi) is 32.5. The summed E-state index contributed by atoms with van der Waals surface area (Å²) in [6, 6.07) is 7.78. The zero-order chi connectivity index (χ0) is 73.8. The Morgan fingerprint density at radius 2 is 1.11 bits per heavy atom. The summed E-state index contributed by atoms with van der Waals surface area (Å²) in [4.78, 5) is 176. The zero-order valence-corrected chi connectivity index (χ0v) is 62.5. The molecule has 0 radical (unpaired) electrons. The van der Waals surface area contributed by atoms with Crippen LogP contribution in [-0.2, 0) is 70.3 Å². The van der Waals surface area contributed by atoms with Crippen molar-refractivity contribution in [3.63, 3.8) is 0 Å². The SMILES string of the molecule is CC[C@H](C)[C@H]1C(=O)C[C@@H](COC(C)(C)C)C(=O)N(C)[C@@H](Cc2ccccc2)C(=O)N(C)[C@@H](C(C)C)C(=O)NC(C(=O)N2CCCCC2)CC(=O)N(C)[C@@H](C)CN(C)[C@@H](Cc2ccccc2)C(=O)N[C@@H](CC(C)C)C(=O)N(C)[C@@H](CC(C)C)C(=O)N[C@@H]([C@@H](C)O)C(=O)N(C)CC(=O)N1C. The number of rotatable bonds is 15. The van der Waals surface area contributed by atoms with Gasteiger partial charge >= 0.3 is 0 Å². The largest absolute Gasteiger partial charge is 0.391 e. The van der Waals surface area contributed by atoms with Gasteiger partial charge in [-0.25, -0.2) is 0 Å². The molecule has 1 unspecified atom stereocenters. The van der Waals surface area contributed by atoms with E-state index in [9.17, 15) is 29.1 Å². The zero-order valence-electron chi connectivity index (χ0n) is 62.5. The number of hydrogen-bond acceptors (Lipinski definition) is 14. The van der Waals surface area contributed by atoms with Gasteiger partial charge in [-0.05, 0) is 115 Å². The van der Waals surface area contributed by atoms with Gasteiger partial charge in [-0.3, -0.25) is 57.6 Å². The summed E-state index contributed by atoms with van der Waals surface area (Å²) in [5.41, 5.74) is 0.683. The highest BCUT2D eigenvalue weighted by Crippen LogP contribution is 2.26. The van der Waals surface area contributed by atoms with E-state index in [-0.39, 0.29) is 50.7 Å². The van der Waals surface area contributed by atoms with Gasteiger partial charge in [0.1, 0.15) is 36.3 Å². The van der Waals surface area contributed by atoms with Gasteiger partial charge in [0.05, 0.1) is 49.3 Å². The molecule has 0 spiro atoms. The van der Waals surface area contributed by atoms with E-state index in [1.807, 2.05) is 83.1 Å². The number of benzene rings is 2. The lowest BCUT2D eigenvalue weighted by molar-refractivity contribution is -0.153. The van der Waals surface area contributed by atoms with Gasteiger partial charge in [0.2, 0.25) is 59.1 Å². The van der Waals surface area contributed by atoms with Crippen molar-refractivity contribution in [2.45, 2.75) is 220 Å². The number of aliphatic hydroxyl groups excluding tert-OH is 1. The van der Waals surface area contributed by atoms with E-state index in [1.54, 1.807) is 84.5 Å². The maximum Gasteiger partial charge on any atom is 0.248 e. The first-order valence-electron chi connectivity index (χ1n) is 35.2. The van der Waals surface area contributed by atoms with Crippen molar-refractivity contribution in [3.8, 4) is 0 Å². The van der Waals surface area contributed by atoms with Gasteiger partial charge in [0, 0.05) is 80.8 Å². The second kappa shape index (κ2) is 38.3. The topological polar surface area (TPSA) is 279 Å². The number of hydrogen-bond donors (Lipinski definition) is 4. The van der Waals surface area contributed by atoms with Crippen LogP contribution < -0.4 is 16.0 Å². The Bertz CT molecular complexity index is 2990. The van der Waals surface area contributed by atoms with Crippen molar-refractivity contribution in [1.29, 1.82) is 0 Å². The molecule has 2 aromatic rings. The third-order valence-corrected chi connectivity index (χ3v) is 19.2. The molecular formula is C74H119N11O13. The molecule has 2 heterocycles. The predicted molar refractivity (Wildman–Crippen MR) is 377 cm³/mol. The molecule has 4 rings (SSSR count). The van der Waals surface area contributed by atoms with Crippen molar-refractivity contribution in [2.75, 3.05) is 82.1 Å². The molecule has 0 saturated carbocycles. The quantitative estimate of drug-likeness (QED) is 0.186. The molecule has 2 fully saturated rings. The van der Waals surface area contributed by atoms with E-state index >= 15 is 28.8 Å². The predicted octanol–water partition coefficient (Wildman–Crippen LogP) is 4.82. The molecule has 2 saturated heterocycles. The van der Waals surface area contributed by atoms with E-state index in [2.05, 4.69) is 16.0 Å². The van der Waals surface area contributed by atoms with Gasteiger partial charge in [0.25, 0.3) is 0 Å². The highest BCUT2D eigenvalue weighted by atomic mass is 16.5. The summed E-state index contributed by atoms with van der Waals surface area (Å²) >= 11 is 0. The number of ether oxygens (including phenoxy) is 1. The first kappa shape index (κ1) is 83.1. The van der Waals surface area contributed by atoms with E-state index in [0.717, 1.165) is 29.7 Å². The van der Waals surface area contributed by atoms with Crippen LogP contribution in [0.4, 0.5) is 0 Å². The van der Waals surface area contributed by atoms with Crippen LogP contribution >= 0.6 is 0 Å². The minimum atomic E-state index is -1.61. The second-order valence-electron chi connectivity index (χ2n) is 29.8. The monoisotopic (exact) mass is 1370 g/mol. The number of likely N-dealkylation sites (N-methyl/N-ethyl adjacent to an activating group) is 7. The second-order valence-corrected chi connectivity index (χ2v) is 29.8. The summed E-state index contributed by atoms with van der Waals surface area (Å²) in [6.45, 7) is 23.2. The van der Waals surface area contributed by atoms with Gasteiger partial charge in [-0.1, -0.05) is 122 Å². The van der Waals surface area contributed by atoms with Gasteiger partial charge in [-0.2, -0.15) is 0 Å². The Morgan fingerprint density at radius 3 is 1.62 bits per heavy atom. The summed E-state index contributed by atoms with van der Waals surface area (Å²) < 4.78 is 6.27. The Morgan fingerprint density at radius 1 is 0.582 bits per heavy atom. The van der Waals surface area contributed by atoms with Gasteiger partial charge < -0.3 is 60.1 Å². The molecule has 2 aliphatic heterocycles. The van der Waals surface area contributed by atoms with Crippen LogP contribution in [0.1, 0.15) is 153 Å². The van der Waals surface area contributed by atoms with E-state index in [4.69, 9.17) is 4.74 Å². The average molecular weight is 1370 g/mol. The lowest BCUT2D eigenvalue weighted by atomic mass is 9.88. The van der Waals surface area contributed by atoms with E-state index < -0.39 is 168 Å². The van der Waals surface area contributed by atoms with Crippen LogP contribution in [0.3, 0.4) is 0 Å². The molecule has 0 aliphatic carbocycles. The number of Topliss-reactive ketones (excluding diaryl/α,β-unsaturated/α-hetero) is 1. The number of amides is 10. The molecule has 0 aromatic heterocycles. The van der Waals surface area contributed by atoms with Crippen molar-refractivity contribution >= 4 is 64.9 Å². The third kappa shape index (κ3) is 24.0. The van der Waals surface area contributed by atoms with Crippen LogP contribution in [0, 0.1) is 29.6 Å². The highest BCUT2D eigenvalue weighted by Gasteiger charge is 2.44. The summed E-state index contributed by atoms with van der Waals surface area (Å²) in [7, 11) is 10.5. The lowest BCUT2D eigenvalue weighted by Crippen LogP contribution is -2.61. The van der Waals surface area contributed by atoms with Crippen molar-refractivity contribution in [3.05, 3.63) is 71.8 Å². The molecule has 2 aromatic carbocycles. The standard InChI is InChI=1S/C74H119N11O13/c1-21-49(8)65-60(87)41-54(45-98-74(11,12)13)69(93)82(18)59(40-53-33-27-23-28-34-53)72(96)84(20)64(48(6)7)68(92)76-56(71(95)85-35-29-24-30-36-85)42-61(88)80(16)50(9)43-78(14)57(39-52-31-25-22-26-32-52)66(90)75-55(37-46(2)3)70(94)81(17)58(38-47(4)5)67(91)77-63(51(10)86)73(97)79(15)44-62(89)83(65)19/h22-23,25-28,31-34,46-51,54-59,63-65,86H,21,24,29-30,35-45H2,1-20H3,(H,75,90)(H,76,92)(H,77,91)/t49-,50-,51+,54-,55-,56?,57-,58-,59-,63-,64-,65-/m0/s1. The average Bonchev–Trinajstić information content (AvgIpc) is 0.815. The molecule has 4 N–H and O–H groups in total. The molecule has 10 amide bonds. The molecule has 24 nitrogen and oxygen atoms in total. The minimum absolute atomic E-state index is 0.0199. The molecule has 2 aliphatic rings. The summed E-state index contributed by atoms with van der Waals surface area (Å²) in [5, 5.41) is 19.9. The number of piperidine rings is 1. The van der Waals surface area contributed by atoms with E-state index in [1.165, 1.54) is 66.7 Å². The number of carbonyl (C=O) groups excluding carboxylic acids is 11. The Hall–Kier alpha value is -7.31.